The van der Waals surface area contributed by atoms with Gasteiger partial charge in [-0.1, -0.05) is 0 Å². The summed E-state index contributed by atoms with van der Waals surface area (Å²) in [5.41, 5.74) is 0. The van der Waals surface area contributed by atoms with Crippen LogP contribution < -0.4 is 0 Å². The highest BCUT2D eigenvalue weighted by atomic mass is 16.6. The third kappa shape index (κ3) is 3.35. The molecule has 0 aromatic heterocycles. The molecule has 0 aromatic rings. The molecule has 1 unspecified atom stereocenters. The van der Waals surface area contributed by atoms with Crippen LogP contribution in [-0.4, -0.2) is 54.6 Å². The molecule has 0 amide bonds. The van der Waals surface area contributed by atoms with Crippen LogP contribution in [0.5, 0.6) is 0 Å². The van der Waals surface area contributed by atoms with Crippen molar-refractivity contribution in [1.29, 1.82) is 0 Å². The minimum Gasteiger partial charge on any atom is -0.381 e. The average Bonchev–Trinajstić information content (AvgIpc) is 2.76. The van der Waals surface area contributed by atoms with Crippen molar-refractivity contribution < 1.29 is 9.66 Å². The molecular weight excluding hydrogens is 234 g/mol. The summed E-state index contributed by atoms with van der Waals surface area (Å²) >= 11 is 0. The molecule has 1 atom stereocenters. The maximum atomic E-state index is 10.8. The number of nitrogens with zero attached hydrogens (tertiary/aromatic N) is 3. The molecule has 6 heteroatoms. The standard InChI is InChI=1S/C12H21N3O3/c1-13-5-2-3-6-14(12(13)9-15(16)17)8-11-4-7-18-10-11/h9,11H,2-8,10H2,1H3/b12-9-. The van der Waals surface area contributed by atoms with E-state index in [9.17, 15) is 10.1 Å². The number of nitro groups is 1. The SMILES string of the molecule is CN1CCCCN(CC2CCOC2)/C1=C\[N+](=O)[O-]. The first-order valence-corrected chi connectivity index (χ1v) is 6.56. The lowest BCUT2D eigenvalue weighted by Crippen LogP contribution is -2.35. The molecule has 0 radical (unpaired) electrons. The second-order valence-corrected chi connectivity index (χ2v) is 5.08. The van der Waals surface area contributed by atoms with Crippen LogP contribution in [0.15, 0.2) is 12.0 Å². The number of hydrogen-bond donors (Lipinski definition) is 0. The lowest BCUT2D eigenvalue weighted by molar-refractivity contribution is -0.405. The van der Waals surface area contributed by atoms with E-state index in [1.54, 1.807) is 0 Å². The van der Waals surface area contributed by atoms with Gasteiger partial charge in [0.1, 0.15) is 0 Å². The fraction of sp³-hybridized carbons (Fsp3) is 0.833. The maximum absolute atomic E-state index is 10.8. The Hall–Kier alpha value is -1.30. The van der Waals surface area contributed by atoms with Gasteiger partial charge >= 0.3 is 0 Å². The van der Waals surface area contributed by atoms with Gasteiger partial charge in [0.15, 0.2) is 5.82 Å². The molecule has 6 nitrogen and oxygen atoms in total. The first kappa shape index (κ1) is 13.1. The molecule has 2 heterocycles. The van der Waals surface area contributed by atoms with Crippen LogP contribution in [0.4, 0.5) is 0 Å². The molecule has 0 aliphatic carbocycles. The normalized spacial score (nSPS) is 27.6. The summed E-state index contributed by atoms with van der Waals surface area (Å²) in [7, 11) is 1.93. The van der Waals surface area contributed by atoms with Crippen molar-refractivity contribution in [2.45, 2.75) is 19.3 Å². The van der Waals surface area contributed by atoms with Crippen LogP contribution in [0.25, 0.3) is 0 Å². The fourth-order valence-electron chi connectivity index (χ4n) is 2.62. The van der Waals surface area contributed by atoms with Crippen molar-refractivity contribution in [3.05, 3.63) is 22.1 Å². The monoisotopic (exact) mass is 255 g/mol. The van der Waals surface area contributed by atoms with Gasteiger partial charge in [0.2, 0.25) is 0 Å². The number of hydrogen-bond acceptors (Lipinski definition) is 5. The molecule has 0 spiro atoms. The topological polar surface area (TPSA) is 58.8 Å². The Morgan fingerprint density at radius 2 is 2.28 bits per heavy atom. The zero-order valence-corrected chi connectivity index (χ0v) is 10.9. The van der Waals surface area contributed by atoms with E-state index in [2.05, 4.69) is 4.90 Å². The molecule has 2 aliphatic heterocycles. The van der Waals surface area contributed by atoms with Gasteiger partial charge in [-0.05, 0) is 19.3 Å². The number of ether oxygens (including phenoxy) is 1. The lowest BCUT2D eigenvalue weighted by Gasteiger charge is -2.30. The minimum atomic E-state index is -0.352. The van der Waals surface area contributed by atoms with E-state index in [0.717, 1.165) is 64.1 Å². The Morgan fingerprint density at radius 1 is 1.50 bits per heavy atom. The second kappa shape index (κ2) is 6.04. The molecule has 2 rings (SSSR count). The molecule has 0 bridgehead atoms. The first-order valence-electron chi connectivity index (χ1n) is 6.56. The van der Waals surface area contributed by atoms with Gasteiger partial charge in [0, 0.05) is 39.2 Å². The van der Waals surface area contributed by atoms with Crippen LogP contribution in [0, 0.1) is 16.0 Å². The van der Waals surface area contributed by atoms with E-state index < -0.39 is 0 Å². The smallest absolute Gasteiger partial charge is 0.274 e. The summed E-state index contributed by atoms with van der Waals surface area (Å²) in [6, 6.07) is 0. The van der Waals surface area contributed by atoms with E-state index in [-0.39, 0.29) is 4.92 Å². The highest BCUT2D eigenvalue weighted by Gasteiger charge is 2.25. The van der Waals surface area contributed by atoms with Crippen molar-refractivity contribution in [3.8, 4) is 0 Å². The van der Waals surface area contributed by atoms with Gasteiger partial charge in [-0.3, -0.25) is 10.1 Å². The van der Waals surface area contributed by atoms with Crippen molar-refractivity contribution in [2.75, 3.05) is 39.9 Å². The Balaban J connectivity index is 2.08. The Morgan fingerprint density at radius 3 is 2.94 bits per heavy atom. The van der Waals surface area contributed by atoms with Gasteiger partial charge in [-0.2, -0.15) is 0 Å². The Bertz CT molecular complexity index is 327. The van der Waals surface area contributed by atoms with Gasteiger partial charge in [0.25, 0.3) is 6.20 Å². The van der Waals surface area contributed by atoms with Crippen LogP contribution >= 0.6 is 0 Å². The lowest BCUT2D eigenvalue weighted by atomic mass is 10.1. The van der Waals surface area contributed by atoms with Gasteiger partial charge < -0.3 is 14.5 Å². The van der Waals surface area contributed by atoms with E-state index >= 15 is 0 Å². The highest BCUT2D eigenvalue weighted by molar-refractivity contribution is 4.98. The van der Waals surface area contributed by atoms with Gasteiger partial charge in [-0.25, -0.2) is 0 Å². The number of rotatable bonds is 3. The molecule has 0 N–H and O–H groups in total. The molecule has 102 valence electrons. The summed E-state index contributed by atoms with van der Waals surface area (Å²) in [5.74, 6) is 1.25. The van der Waals surface area contributed by atoms with E-state index in [4.69, 9.17) is 4.74 Å². The van der Waals surface area contributed by atoms with Crippen molar-refractivity contribution in [1.82, 2.24) is 9.80 Å². The first-order chi connectivity index (χ1) is 8.66. The molecule has 0 saturated carbocycles. The summed E-state index contributed by atoms with van der Waals surface area (Å²) < 4.78 is 5.38. The second-order valence-electron chi connectivity index (χ2n) is 5.08. The third-order valence-corrected chi connectivity index (χ3v) is 3.61. The van der Waals surface area contributed by atoms with Crippen LogP contribution in [0.1, 0.15) is 19.3 Å². The largest absolute Gasteiger partial charge is 0.381 e. The molecule has 0 aromatic carbocycles. The molecule has 2 fully saturated rings. The molecular formula is C12H21N3O3. The predicted octanol–water partition coefficient (Wildman–Crippen LogP) is 1.13. The van der Waals surface area contributed by atoms with Crippen molar-refractivity contribution >= 4 is 0 Å². The predicted molar refractivity (Wildman–Crippen MR) is 67.4 cm³/mol. The Kier molecular flexibility index (Phi) is 4.41. The zero-order chi connectivity index (χ0) is 13.0. The molecule has 18 heavy (non-hydrogen) atoms. The molecule has 2 saturated heterocycles. The van der Waals surface area contributed by atoms with Crippen LogP contribution in [0.3, 0.4) is 0 Å². The highest BCUT2D eigenvalue weighted by Crippen LogP contribution is 2.21. The van der Waals surface area contributed by atoms with E-state index in [1.807, 2.05) is 11.9 Å². The average molecular weight is 255 g/mol. The van der Waals surface area contributed by atoms with Gasteiger partial charge in [-0.15, -0.1) is 0 Å². The Labute approximate surface area is 107 Å². The quantitative estimate of drug-likeness (QED) is 0.559. The van der Waals surface area contributed by atoms with Crippen molar-refractivity contribution in [3.63, 3.8) is 0 Å². The maximum Gasteiger partial charge on any atom is 0.274 e. The van der Waals surface area contributed by atoms with Gasteiger partial charge in [0.05, 0.1) is 11.5 Å². The third-order valence-electron chi connectivity index (χ3n) is 3.61. The van der Waals surface area contributed by atoms with Crippen LogP contribution in [0.2, 0.25) is 0 Å². The van der Waals surface area contributed by atoms with E-state index in [1.165, 1.54) is 0 Å². The van der Waals surface area contributed by atoms with E-state index in [0.29, 0.717) is 5.92 Å². The zero-order valence-electron chi connectivity index (χ0n) is 10.9. The summed E-state index contributed by atoms with van der Waals surface area (Å²) in [5, 5.41) is 10.8. The molecule has 2 aliphatic rings. The summed E-state index contributed by atoms with van der Waals surface area (Å²) in [6.45, 7) is 4.26. The minimum absolute atomic E-state index is 0.352. The van der Waals surface area contributed by atoms with Crippen LogP contribution in [-0.2, 0) is 4.74 Å². The summed E-state index contributed by atoms with van der Waals surface area (Å²) in [6.07, 6.45) is 4.38. The van der Waals surface area contributed by atoms with Crippen molar-refractivity contribution in [2.24, 2.45) is 5.92 Å². The summed E-state index contributed by atoms with van der Waals surface area (Å²) in [4.78, 5) is 14.5. The fourth-order valence-corrected chi connectivity index (χ4v) is 2.62.